The van der Waals surface area contributed by atoms with Gasteiger partial charge in [0.15, 0.2) is 0 Å². The monoisotopic (exact) mass is 311 g/mol. The van der Waals surface area contributed by atoms with Crippen LogP contribution >= 0.6 is 27.5 Å². The minimum atomic E-state index is 0.450. The first kappa shape index (κ1) is 12.3. The van der Waals surface area contributed by atoms with Gasteiger partial charge in [0.25, 0.3) is 0 Å². The molecule has 2 N–H and O–H groups in total. The molecule has 2 nitrogen and oxygen atoms in total. The molecule has 0 aliphatic heterocycles. The fraction of sp³-hybridized carbons (Fsp3) is 0.0769. The molecule has 17 heavy (non-hydrogen) atoms. The predicted octanol–water partition coefficient (Wildman–Crippen LogP) is 4.26. The molecule has 0 unspecified atom stereocenters. The number of nitrogens with two attached hydrogens (primary N) is 1. The summed E-state index contributed by atoms with van der Waals surface area (Å²) >= 11 is 9.38. The average molecular weight is 313 g/mol. The molecule has 0 aromatic heterocycles. The molecule has 0 saturated heterocycles. The van der Waals surface area contributed by atoms with Gasteiger partial charge in [0.1, 0.15) is 12.4 Å². The summed E-state index contributed by atoms with van der Waals surface area (Å²) in [5, 5.41) is 0.509. The van der Waals surface area contributed by atoms with Crippen molar-refractivity contribution in [3.63, 3.8) is 0 Å². The molecule has 0 spiro atoms. The lowest BCUT2D eigenvalue weighted by Crippen LogP contribution is -1.99. The summed E-state index contributed by atoms with van der Waals surface area (Å²) in [4.78, 5) is 0. The second kappa shape index (κ2) is 5.43. The Morgan fingerprint density at radius 2 is 1.88 bits per heavy atom. The first-order valence-corrected chi connectivity index (χ1v) is 6.26. The van der Waals surface area contributed by atoms with E-state index in [1.165, 1.54) is 0 Å². The van der Waals surface area contributed by atoms with Crippen molar-refractivity contribution < 1.29 is 4.74 Å². The van der Waals surface area contributed by atoms with Crippen LogP contribution in [0.25, 0.3) is 0 Å². The lowest BCUT2D eigenvalue weighted by atomic mass is 10.2. The highest BCUT2D eigenvalue weighted by molar-refractivity contribution is 9.10. The first-order chi connectivity index (χ1) is 8.18. The summed E-state index contributed by atoms with van der Waals surface area (Å²) < 4.78 is 6.66. The van der Waals surface area contributed by atoms with Gasteiger partial charge in [-0.3, -0.25) is 0 Å². The molecule has 0 bridgehead atoms. The summed E-state index contributed by atoms with van der Waals surface area (Å²) in [6.45, 7) is 0.450. The van der Waals surface area contributed by atoms with Crippen LogP contribution in [0.2, 0.25) is 5.02 Å². The third-order valence-electron chi connectivity index (χ3n) is 2.35. The molecule has 0 heterocycles. The van der Waals surface area contributed by atoms with E-state index < -0.39 is 0 Å². The van der Waals surface area contributed by atoms with Crippen LogP contribution in [0.4, 0.5) is 5.69 Å². The van der Waals surface area contributed by atoms with E-state index in [-0.39, 0.29) is 0 Å². The Labute approximate surface area is 113 Å². The zero-order valence-corrected chi connectivity index (χ0v) is 11.3. The fourth-order valence-corrected chi connectivity index (χ4v) is 1.98. The van der Waals surface area contributed by atoms with Gasteiger partial charge in [-0.1, -0.05) is 51.8 Å². The Morgan fingerprint density at radius 1 is 1.12 bits per heavy atom. The zero-order valence-electron chi connectivity index (χ0n) is 8.99. The van der Waals surface area contributed by atoms with Crippen molar-refractivity contribution in [3.05, 3.63) is 57.5 Å². The fourth-order valence-electron chi connectivity index (χ4n) is 1.41. The highest BCUT2D eigenvalue weighted by Gasteiger charge is 2.05. The SMILES string of the molecule is Nc1c(Cl)cccc1OCc1ccccc1Br. The molecule has 88 valence electrons. The maximum absolute atomic E-state index is 5.91. The van der Waals surface area contributed by atoms with Gasteiger partial charge in [-0.15, -0.1) is 0 Å². The van der Waals surface area contributed by atoms with E-state index in [9.17, 15) is 0 Å². The standard InChI is InChI=1S/C13H11BrClNO/c14-10-5-2-1-4-9(10)8-17-12-7-3-6-11(15)13(12)16/h1-7H,8,16H2. The predicted molar refractivity (Wildman–Crippen MR) is 74.3 cm³/mol. The number of hydrogen-bond donors (Lipinski definition) is 1. The first-order valence-electron chi connectivity index (χ1n) is 5.08. The second-order valence-corrected chi connectivity index (χ2v) is 4.79. The Hall–Kier alpha value is -1.19. The minimum absolute atomic E-state index is 0.450. The molecular formula is C13H11BrClNO. The highest BCUT2D eigenvalue weighted by atomic mass is 79.9. The van der Waals surface area contributed by atoms with E-state index >= 15 is 0 Å². The number of benzene rings is 2. The van der Waals surface area contributed by atoms with E-state index in [0.717, 1.165) is 10.0 Å². The van der Waals surface area contributed by atoms with Gasteiger partial charge in [-0.25, -0.2) is 0 Å². The average Bonchev–Trinajstić information content (AvgIpc) is 2.33. The molecule has 2 aromatic carbocycles. The molecule has 2 aromatic rings. The summed E-state index contributed by atoms with van der Waals surface area (Å²) in [5.74, 6) is 0.605. The molecule has 0 fully saturated rings. The molecule has 0 aliphatic rings. The number of ether oxygens (including phenoxy) is 1. The summed E-state index contributed by atoms with van der Waals surface area (Å²) in [5.41, 5.74) is 7.35. The topological polar surface area (TPSA) is 35.2 Å². The second-order valence-electron chi connectivity index (χ2n) is 3.53. The van der Waals surface area contributed by atoms with Gasteiger partial charge < -0.3 is 10.5 Å². The number of hydrogen-bond acceptors (Lipinski definition) is 2. The Balaban J connectivity index is 2.13. The summed E-state index contributed by atoms with van der Waals surface area (Å²) in [7, 11) is 0. The Kier molecular flexibility index (Phi) is 3.92. The molecule has 2 rings (SSSR count). The van der Waals surface area contributed by atoms with E-state index in [1.807, 2.05) is 30.3 Å². The van der Waals surface area contributed by atoms with Crippen molar-refractivity contribution in [1.29, 1.82) is 0 Å². The van der Waals surface area contributed by atoms with Crippen LogP contribution in [0.3, 0.4) is 0 Å². The summed E-state index contributed by atoms with van der Waals surface area (Å²) in [6, 6.07) is 13.2. The van der Waals surface area contributed by atoms with Gasteiger partial charge in [-0.2, -0.15) is 0 Å². The lowest BCUT2D eigenvalue weighted by molar-refractivity contribution is 0.307. The van der Waals surface area contributed by atoms with Crippen molar-refractivity contribution in [3.8, 4) is 5.75 Å². The van der Waals surface area contributed by atoms with E-state index in [1.54, 1.807) is 12.1 Å². The van der Waals surface area contributed by atoms with Crippen molar-refractivity contribution in [1.82, 2.24) is 0 Å². The minimum Gasteiger partial charge on any atom is -0.487 e. The number of nitrogen functional groups attached to an aromatic ring is 1. The molecular weight excluding hydrogens is 302 g/mol. The van der Waals surface area contributed by atoms with Crippen molar-refractivity contribution >= 4 is 33.2 Å². The maximum Gasteiger partial charge on any atom is 0.144 e. The van der Waals surface area contributed by atoms with Gasteiger partial charge in [0.2, 0.25) is 0 Å². The molecule has 0 atom stereocenters. The lowest BCUT2D eigenvalue weighted by Gasteiger charge is -2.10. The largest absolute Gasteiger partial charge is 0.487 e. The van der Waals surface area contributed by atoms with Crippen LogP contribution in [0.5, 0.6) is 5.75 Å². The van der Waals surface area contributed by atoms with Gasteiger partial charge in [0, 0.05) is 10.0 Å². The summed E-state index contributed by atoms with van der Waals surface area (Å²) in [6.07, 6.45) is 0. The van der Waals surface area contributed by atoms with Crippen LogP contribution in [-0.4, -0.2) is 0 Å². The van der Waals surface area contributed by atoms with Crippen molar-refractivity contribution in [2.75, 3.05) is 5.73 Å². The Morgan fingerprint density at radius 3 is 2.65 bits per heavy atom. The molecule has 0 amide bonds. The molecule has 4 heteroatoms. The van der Waals surface area contributed by atoms with Gasteiger partial charge in [-0.05, 0) is 18.2 Å². The quantitative estimate of drug-likeness (QED) is 0.859. The van der Waals surface area contributed by atoms with E-state index in [0.29, 0.717) is 23.1 Å². The molecule has 0 aliphatic carbocycles. The third kappa shape index (κ3) is 2.93. The molecule has 0 radical (unpaired) electrons. The van der Waals surface area contributed by atoms with Crippen LogP contribution in [0.1, 0.15) is 5.56 Å². The van der Waals surface area contributed by atoms with E-state index in [2.05, 4.69) is 15.9 Å². The van der Waals surface area contributed by atoms with Crippen LogP contribution < -0.4 is 10.5 Å². The number of anilines is 1. The van der Waals surface area contributed by atoms with Gasteiger partial charge in [0.05, 0.1) is 10.7 Å². The highest BCUT2D eigenvalue weighted by Crippen LogP contribution is 2.30. The number of para-hydroxylation sites is 1. The number of halogens is 2. The smallest absolute Gasteiger partial charge is 0.144 e. The van der Waals surface area contributed by atoms with Crippen molar-refractivity contribution in [2.24, 2.45) is 0 Å². The molecule has 0 saturated carbocycles. The maximum atomic E-state index is 5.91. The Bertz CT molecular complexity index is 531. The van der Waals surface area contributed by atoms with Crippen LogP contribution in [0.15, 0.2) is 46.9 Å². The number of rotatable bonds is 3. The van der Waals surface area contributed by atoms with Crippen LogP contribution in [0, 0.1) is 0 Å². The van der Waals surface area contributed by atoms with Crippen molar-refractivity contribution in [2.45, 2.75) is 6.61 Å². The van der Waals surface area contributed by atoms with E-state index in [4.69, 9.17) is 22.1 Å². The van der Waals surface area contributed by atoms with Gasteiger partial charge >= 0.3 is 0 Å². The third-order valence-corrected chi connectivity index (χ3v) is 3.46. The zero-order chi connectivity index (χ0) is 12.3. The normalized spacial score (nSPS) is 10.2. The van der Waals surface area contributed by atoms with Crippen LogP contribution in [-0.2, 0) is 6.61 Å².